The lowest BCUT2D eigenvalue weighted by atomic mass is 9.66. The summed E-state index contributed by atoms with van der Waals surface area (Å²) in [6, 6.07) is 36.2. The van der Waals surface area contributed by atoms with Crippen LogP contribution < -0.4 is 0 Å². The van der Waals surface area contributed by atoms with Gasteiger partial charge in [0, 0.05) is 5.41 Å². The average Bonchev–Trinajstić information content (AvgIpc) is 2.79. The number of benzene rings is 6. The molecule has 7 rings (SSSR count). The van der Waals surface area contributed by atoms with Gasteiger partial charge in [0.25, 0.3) is 0 Å². The van der Waals surface area contributed by atoms with Gasteiger partial charge in [0.2, 0.25) is 0 Å². The fourth-order valence-electron chi connectivity index (χ4n) is 5.94. The van der Waals surface area contributed by atoms with E-state index >= 15 is 0 Å². The van der Waals surface area contributed by atoms with Crippen molar-refractivity contribution < 1.29 is 0 Å². The van der Waals surface area contributed by atoms with Gasteiger partial charge in [0.05, 0.1) is 0 Å². The summed E-state index contributed by atoms with van der Waals surface area (Å²) in [4.78, 5) is 0. The molecule has 0 aromatic heterocycles. The topological polar surface area (TPSA) is 0 Å². The van der Waals surface area contributed by atoms with Crippen LogP contribution >= 0.6 is 0 Å². The van der Waals surface area contributed by atoms with Crippen LogP contribution in [0.3, 0.4) is 0 Å². The smallest absolute Gasteiger partial charge is 0.0165 e. The molecule has 0 bridgehead atoms. The van der Waals surface area contributed by atoms with Gasteiger partial charge in [-0.3, -0.25) is 0 Å². The number of hydrogen-bond acceptors (Lipinski definition) is 0. The van der Waals surface area contributed by atoms with E-state index < -0.39 is 0 Å². The highest BCUT2D eigenvalue weighted by Crippen LogP contribution is 2.53. The largest absolute Gasteiger partial charge is 0.0616 e. The molecule has 0 amide bonds. The Kier molecular flexibility index (Phi) is 3.16. The second kappa shape index (κ2) is 5.74. The second-order valence-electron chi connectivity index (χ2n) is 9.41. The summed E-state index contributed by atoms with van der Waals surface area (Å²) < 4.78 is 0. The van der Waals surface area contributed by atoms with Gasteiger partial charge >= 0.3 is 0 Å². The monoisotopic (exact) mass is 394 g/mol. The highest BCUT2D eigenvalue weighted by molar-refractivity contribution is 6.17. The van der Waals surface area contributed by atoms with Crippen LogP contribution in [0, 0.1) is 0 Å². The molecule has 0 N–H and O–H groups in total. The standard InChI is InChI=1S/C31H22/c1-31(2)27-15-14-22-16-19-8-3-4-9-20(19)18-26(22)29(27)25-13-7-11-23-17-21-10-5-6-12-24(21)30(31)28(23)25/h3-18H,1-2H3. The van der Waals surface area contributed by atoms with Gasteiger partial charge in [-0.25, -0.2) is 0 Å². The molecule has 0 spiro atoms. The maximum atomic E-state index is 2.40. The summed E-state index contributed by atoms with van der Waals surface area (Å²) in [7, 11) is 0. The van der Waals surface area contributed by atoms with Crippen molar-refractivity contribution in [2.75, 3.05) is 0 Å². The predicted molar refractivity (Wildman–Crippen MR) is 134 cm³/mol. The minimum absolute atomic E-state index is 0.0807. The molecule has 1 aliphatic carbocycles. The van der Waals surface area contributed by atoms with Crippen LogP contribution in [0.15, 0.2) is 97.1 Å². The molecule has 0 saturated carbocycles. The van der Waals surface area contributed by atoms with E-state index in [1.54, 1.807) is 0 Å². The summed E-state index contributed by atoms with van der Waals surface area (Å²) in [6.07, 6.45) is 0. The average molecular weight is 395 g/mol. The lowest BCUT2D eigenvalue weighted by molar-refractivity contribution is 0.652. The number of rotatable bonds is 0. The molecule has 0 fully saturated rings. The Hall–Kier alpha value is -3.64. The number of hydrogen-bond donors (Lipinski definition) is 0. The van der Waals surface area contributed by atoms with Crippen molar-refractivity contribution >= 4 is 43.1 Å². The quantitative estimate of drug-likeness (QED) is 0.226. The third-order valence-corrected chi connectivity index (χ3v) is 7.34. The van der Waals surface area contributed by atoms with Crippen LogP contribution in [-0.2, 0) is 5.41 Å². The zero-order valence-electron chi connectivity index (χ0n) is 17.7. The Balaban J connectivity index is 1.74. The summed E-state index contributed by atoms with van der Waals surface area (Å²) in [5, 5.41) is 10.7. The van der Waals surface area contributed by atoms with Gasteiger partial charge < -0.3 is 0 Å². The van der Waals surface area contributed by atoms with Crippen molar-refractivity contribution in [3.63, 3.8) is 0 Å². The van der Waals surface area contributed by atoms with Gasteiger partial charge in [-0.2, -0.15) is 0 Å². The summed E-state index contributed by atoms with van der Waals surface area (Å²) in [5.41, 5.74) is 5.58. The van der Waals surface area contributed by atoms with Gasteiger partial charge in [0.15, 0.2) is 0 Å². The molecule has 1 aliphatic rings. The Labute approximate surface area is 181 Å². The molecular weight excluding hydrogens is 372 g/mol. The minimum Gasteiger partial charge on any atom is -0.0616 e. The molecule has 0 heteroatoms. The van der Waals surface area contributed by atoms with Gasteiger partial charge in [-0.1, -0.05) is 92.7 Å². The van der Waals surface area contributed by atoms with E-state index in [2.05, 4.69) is 111 Å². The van der Waals surface area contributed by atoms with E-state index in [0.29, 0.717) is 0 Å². The molecule has 0 saturated heterocycles. The lowest BCUT2D eigenvalue weighted by Gasteiger charge is -2.37. The fraction of sp³-hybridized carbons (Fsp3) is 0.0968. The van der Waals surface area contributed by atoms with Crippen molar-refractivity contribution in [2.45, 2.75) is 19.3 Å². The lowest BCUT2D eigenvalue weighted by Crippen LogP contribution is -2.24. The van der Waals surface area contributed by atoms with Crippen LogP contribution in [0.5, 0.6) is 0 Å². The summed E-state index contributed by atoms with van der Waals surface area (Å²) in [6.45, 7) is 4.80. The molecular formula is C31H22. The first-order chi connectivity index (χ1) is 15.1. The van der Waals surface area contributed by atoms with Crippen LogP contribution in [0.4, 0.5) is 0 Å². The van der Waals surface area contributed by atoms with E-state index in [9.17, 15) is 0 Å². The van der Waals surface area contributed by atoms with Crippen LogP contribution in [0.25, 0.3) is 54.2 Å². The van der Waals surface area contributed by atoms with Gasteiger partial charge in [0.1, 0.15) is 0 Å². The third kappa shape index (κ3) is 2.15. The molecule has 6 aromatic rings. The highest BCUT2D eigenvalue weighted by atomic mass is 14.4. The van der Waals surface area contributed by atoms with Crippen molar-refractivity contribution in [3.8, 4) is 11.1 Å². The molecule has 0 radical (unpaired) electrons. The summed E-state index contributed by atoms with van der Waals surface area (Å²) in [5.74, 6) is 0. The normalized spacial score (nSPS) is 14.4. The van der Waals surface area contributed by atoms with E-state index in [0.717, 1.165) is 0 Å². The van der Waals surface area contributed by atoms with Gasteiger partial charge in [-0.15, -0.1) is 0 Å². The Morgan fingerprint density at radius 3 is 2.00 bits per heavy atom. The molecule has 31 heavy (non-hydrogen) atoms. The first-order valence-electron chi connectivity index (χ1n) is 11.0. The molecule has 0 atom stereocenters. The maximum absolute atomic E-state index is 2.40. The van der Waals surface area contributed by atoms with Crippen molar-refractivity contribution in [3.05, 3.63) is 108 Å². The van der Waals surface area contributed by atoms with Crippen LogP contribution in [0.1, 0.15) is 25.0 Å². The van der Waals surface area contributed by atoms with Crippen molar-refractivity contribution in [1.29, 1.82) is 0 Å². The zero-order valence-corrected chi connectivity index (χ0v) is 17.7. The van der Waals surface area contributed by atoms with Crippen molar-refractivity contribution in [1.82, 2.24) is 0 Å². The Morgan fingerprint density at radius 2 is 1.16 bits per heavy atom. The Bertz CT molecular complexity index is 1700. The molecule has 0 nitrogen and oxygen atoms in total. The van der Waals surface area contributed by atoms with Crippen molar-refractivity contribution in [2.24, 2.45) is 0 Å². The molecule has 0 aliphatic heterocycles. The number of fused-ring (bicyclic) bond motifs is 7. The summed E-state index contributed by atoms with van der Waals surface area (Å²) >= 11 is 0. The zero-order chi connectivity index (χ0) is 20.7. The van der Waals surface area contributed by atoms with Crippen LogP contribution in [-0.4, -0.2) is 0 Å². The maximum Gasteiger partial charge on any atom is 0.0165 e. The molecule has 146 valence electrons. The minimum atomic E-state index is -0.0807. The van der Waals surface area contributed by atoms with Crippen LogP contribution in [0.2, 0.25) is 0 Å². The Morgan fingerprint density at radius 1 is 0.516 bits per heavy atom. The van der Waals surface area contributed by atoms with E-state index in [4.69, 9.17) is 0 Å². The highest BCUT2D eigenvalue weighted by Gasteiger charge is 2.35. The van der Waals surface area contributed by atoms with E-state index in [1.807, 2.05) is 0 Å². The molecule has 0 unspecified atom stereocenters. The fourth-order valence-corrected chi connectivity index (χ4v) is 5.94. The van der Waals surface area contributed by atoms with E-state index in [1.165, 1.54) is 65.3 Å². The SMILES string of the molecule is CC1(C)c2ccc3cc4ccccc4cc3c2-c2cccc3cc4ccccc4c1c23. The van der Waals surface area contributed by atoms with Gasteiger partial charge in [-0.05, 0) is 83.5 Å². The molecule has 6 aromatic carbocycles. The van der Waals surface area contributed by atoms with E-state index in [-0.39, 0.29) is 5.41 Å². The first-order valence-corrected chi connectivity index (χ1v) is 11.0. The molecule has 0 heterocycles. The second-order valence-corrected chi connectivity index (χ2v) is 9.41. The third-order valence-electron chi connectivity index (χ3n) is 7.34. The first kappa shape index (κ1) is 17.1. The predicted octanol–water partition coefficient (Wildman–Crippen LogP) is 8.61.